The molecule has 0 N–H and O–H groups in total. The lowest BCUT2D eigenvalue weighted by Crippen LogP contribution is -1.87. The van der Waals surface area contributed by atoms with Crippen molar-refractivity contribution in [2.75, 3.05) is 0 Å². The van der Waals surface area contributed by atoms with E-state index in [0.29, 0.717) is 29.1 Å². The fourth-order valence-corrected chi connectivity index (χ4v) is 1.16. The van der Waals surface area contributed by atoms with Crippen LogP contribution in [0.4, 0.5) is 0 Å². The van der Waals surface area contributed by atoms with Gasteiger partial charge in [0.15, 0.2) is 23.4 Å². The van der Waals surface area contributed by atoms with E-state index < -0.39 is 0 Å². The third-order valence-corrected chi connectivity index (χ3v) is 1.91. The number of hydrogen-bond donors (Lipinski definition) is 0. The van der Waals surface area contributed by atoms with Crippen LogP contribution in [-0.4, -0.2) is 16.3 Å². The third kappa shape index (κ3) is 1.39. The Bertz CT molecular complexity index is 474. The molecule has 0 radical (unpaired) electrons. The zero-order valence-electron chi connectivity index (χ0n) is 8.02. The quantitative estimate of drug-likeness (QED) is 0.681. The summed E-state index contributed by atoms with van der Waals surface area (Å²) in [5.41, 5.74) is 1.50. The highest BCUT2D eigenvalue weighted by atomic mass is 16.3. The maximum atomic E-state index is 10.5. The van der Waals surface area contributed by atoms with E-state index in [-0.39, 0.29) is 5.92 Å². The van der Waals surface area contributed by atoms with Crippen molar-refractivity contribution < 1.29 is 9.21 Å². The van der Waals surface area contributed by atoms with Crippen molar-refractivity contribution >= 4 is 17.5 Å². The fraction of sp³-hybridized carbons (Fsp3) is 0.300. The van der Waals surface area contributed by atoms with Crippen molar-refractivity contribution in [2.24, 2.45) is 0 Å². The highest BCUT2D eigenvalue weighted by molar-refractivity contribution is 5.77. The first-order chi connectivity index (χ1) is 6.70. The van der Waals surface area contributed by atoms with Crippen molar-refractivity contribution in [1.29, 1.82) is 0 Å². The van der Waals surface area contributed by atoms with Gasteiger partial charge in [0, 0.05) is 5.92 Å². The fourth-order valence-electron chi connectivity index (χ4n) is 1.16. The topological polar surface area (TPSA) is 56.0 Å². The number of nitrogens with zero attached hydrogens (tertiary/aromatic N) is 2. The molecule has 72 valence electrons. The zero-order valence-corrected chi connectivity index (χ0v) is 8.02. The van der Waals surface area contributed by atoms with Gasteiger partial charge < -0.3 is 4.42 Å². The largest absolute Gasteiger partial charge is 0.439 e. The number of pyridine rings is 1. The van der Waals surface area contributed by atoms with Gasteiger partial charge in [-0.2, -0.15) is 4.98 Å². The maximum Gasteiger partial charge on any atom is 0.199 e. The summed E-state index contributed by atoms with van der Waals surface area (Å²) in [6.45, 7) is 3.98. The molecule has 0 amide bonds. The Morgan fingerprint density at radius 3 is 2.79 bits per heavy atom. The van der Waals surface area contributed by atoms with Crippen LogP contribution in [0.2, 0.25) is 0 Å². The monoisotopic (exact) mass is 190 g/mol. The Labute approximate surface area is 81.0 Å². The smallest absolute Gasteiger partial charge is 0.199 e. The molecule has 0 bridgehead atoms. The molecule has 4 nitrogen and oxygen atoms in total. The predicted octanol–water partition coefficient (Wildman–Crippen LogP) is 2.16. The molecule has 14 heavy (non-hydrogen) atoms. The molecule has 0 atom stereocenters. The summed E-state index contributed by atoms with van der Waals surface area (Å²) in [4.78, 5) is 18.7. The van der Waals surface area contributed by atoms with Gasteiger partial charge in [0.2, 0.25) is 0 Å². The van der Waals surface area contributed by atoms with Crippen molar-refractivity contribution in [3.05, 3.63) is 23.7 Å². The number of carbonyl (C=O) groups is 1. The zero-order chi connectivity index (χ0) is 10.1. The first kappa shape index (κ1) is 8.87. The van der Waals surface area contributed by atoms with E-state index in [2.05, 4.69) is 9.97 Å². The number of oxazole rings is 1. The molecule has 4 heteroatoms. The number of fused-ring (bicyclic) bond motifs is 1. The Morgan fingerprint density at radius 2 is 2.14 bits per heavy atom. The third-order valence-electron chi connectivity index (χ3n) is 1.91. The van der Waals surface area contributed by atoms with Gasteiger partial charge in [0.25, 0.3) is 0 Å². The number of aromatic nitrogens is 2. The first-order valence-corrected chi connectivity index (χ1v) is 4.43. The standard InChI is InChI=1S/C10H10N2O2/c1-6(2)10-12-9-8(14-10)4-3-7(5-13)11-9/h3-6H,1-2H3. The molecular weight excluding hydrogens is 180 g/mol. The van der Waals surface area contributed by atoms with Gasteiger partial charge in [0.1, 0.15) is 5.69 Å². The van der Waals surface area contributed by atoms with Gasteiger partial charge in [-0.15, -0.1) is 0 Å². The van der Waals surface area contributed by atoms with E-state index in [1.807, 2.05) is 13.8 Å². The lowest BCUT2D eigenvalue weighted by molar-refractivity contribution is 0.111. The number of hydrogen-bond acceptors (Lipinski definition) is 4. The van der Waals surface area contributed by atoms with Crippen LogP contribution in [0.15, 0.2) is 16.5 Å². The summed E-state index contributed by atoms with van der Waals surface area (Å²) in [6, 6.07) is 3.33. The molecule has 0 spiro atoms. The van der Waals surface area contributed by atoms with Crippen molar-refractivity contribution in [3.63, 3.8) is 0 Å². The van der Waals surface area contributed by atoms with Gasteiger partial charge in [0.05, 0.1) is 0 Å². The lowest BCUT2D eigenvalue weighted by Gasteiger charge is -1.93. The molecule has 2 heterocycles. The minimum absolute atomic E-state index is 0.226. The van der Waals surface area contributed by atoms with Crippen LogP contribution in [0.25, 0.3) is 11.2 Å². The molecule has 2 aromatic rings. The van der Waals surface area contributed by atoms with E-state index in [0.717, 1.165) is 0 Å². The minimum atomic E-state index is 0.226. The summed E-state index contributed by atoms with van der Waals surface area (Å²) < 4.78 is 5.44. The lowest BCUT2D eigenvalue weighted by atomic mass is 10.2. The van der Waals surface area contributed by atoms with Crippen LogP contribution >= 0.6 is 0 Å². The van der Waals surface area contributed by atoms with Gasteiger partial charge in [-0.25, -0.2) is 4.98 Å². The van der Waals surface area contributed by atoms with Crippen molar-refractivity contribution in [3.8, 4) is 0 Å². The Morgan fingerprint density at radius 1 is 1.36 bits per heavy atom. The van der Waals surface area contributed by atoms with Crippen LogP contribution in [-0.2, 0) is 0 Å². The van der Waals surface area contributed by atoms with Crippen LogP contribution in [0.5, 0.6) is 0 Å². The summed E-state index contributed by atoms with van der Waals surface area (Å²) in [5.74, 6) is 0.874. The van der Waals surface area contributed by atoms with Gasteiger partial charge in [-0.1, -0.05) is 13.8 Å². The molecule has 0 unspecified atom stereocenters. The molecule has 0 aliphatic rings. The highest BCUT2D eigenvalue weighted by Gasteiger charge is 2.10. The number of carbonyl (C=O) groups excluding carboxylic acids is 1. The molecule has 0 aliphatic carbocycles. The molecule has 0 aliphatic heterocycles. The summed E-state index contributed by atoms with van der Waals surface area (Å²) in [6.07, 6.45) is 0.698. The van der Waals surface area contributed by atoms with Crippen LogP contribution < -0.4 is 0 Å². The second-order valence-electron chi connectivity index (χ2n) is 3.38. The predicted molar refractivity (Wildman–Crippen MR) is 51.3 cm³/mol. The van der Waals surface area contributed by atoms with Crippen molar-refractivity contribution in [1.82, 2.24) is 9.97 Å². The van der Waals surface area contributed by atoms with E-state index in [1.165, 1.54) is 0 Å². The van der Waals surface area contributed by atoms with Crippen LogP contribution in [0.1, 0.15) is 36.1 Å². The molecule has 0 fully saturated rings. The molecule has 0 saturated carbocycles. The number of aldehydes is 1. The molecule has 0 saturated heterocycles. The highest BCUT2D eigenvalue weighted by Crippen LogP contribution is 2.19. The van der Waals surface area contributed by atoms with Gasteiger partial charge >= 0.3 is 0 Å². The van der Waals surface area contributed by atoms with E-state index in [4.69, 9.17) is 4.42 Å². The normalized spacial score (nSPS) is 11.1. The first-order valence-electron chi connectivity index (χ1n) is 4.43. The van der Waals surface area contributed by atoms with Gasteiger partial charge in [-0.3, -0.25) is 4.79 Å². The second kappa shape index (κ2) is 3.21. The average Bonchev–Trinajstić information content (AvgIpc) is 2.59. The summed E-state index contributed by atoms with van der Waals surface area (Å²) in [5, 5.41) is 0. The molecule has 2 aromatic heterocycles. The molecular formula is C10H10N2O2. The SMILES string of the molecule is CC(C)c1nc2nc(C=O)ccc2o1. The molecule has 2 rings (SSSR count). The Kier molecular flexibility index (Phi) is 2.04. The maximum absolute atomic E-state index is 10.5. The van der Waals surface area contributed by atoms with E-state index in [9.17, 15) is 4.79 Å². The Balaban J connectivity index is 2.59. The summed E-state index contributed by atoms with van der Waals surface area (Å²) >= 11 is 0. The van der Waals surface area contributed by atoms with Gasteiger partial charge in [-0.05, 0) is 12.1 Å². The summed E-state index contributed by atoms with van der Waals surface area (Å²) in [7, 11) is 0. The second-order valence-corrected chi connectivity index (χ2v) is 3.38. The average molecular weight is 190 g/mol. The van der Waals surface area contributed by atoms with Crippen LogP contribution in [0.3, 0.4) is 0 Å². The van der Waals surface area contributed by atoms with Crippen molar-refractivity contribution in [2.45, 2.75) is 19.8 Å². The molecule has 0 aromatic carbocycles. The van der Waals surface area contributed by atoms with E-state index >= 15 is 0 Å². The minimum Gasteiger partial charge on any atom is -0.439 e. The van der Waals surface area contributed by atoms with E-state index in [1.54, 1.807) is 12.1 Å². The number of rotatable bonds is 2. The van der Waals surface area contributed by atoms with Crippen LogP contribution in [0, 0.1) is 0 Å². The Hall–Kier alpha value is -1.71.